The highest BCUT2D eigenvalue weighted by Gasteiger charge is 2.37. The minimum atomic E-state index is -0.276. The van der Waals surface area contributed by atoms with E-state index in [0.29, 0.717) is 0 Å². The molecule has 0 saturated carbocycles. The van der Waals surface area contributed by atoms with Crippen LogP contribution in [0.25, 0.3) is 94.3 Å². The van der Waals surface area contributed by atoms with Crippen molar-refractivity contribution in [3.05, 3.63) is 333 Å². The maximum Gasteiger partial charge on any atom is 0.0541 e. The van der Waals surface area contributed by atoms with Gasteiger partial charge in [0, 0.05) is 56.0 Å². The molecule has 13 aromatic carbocycles. The molecule has 1 aromatic heterocycles. The molecule has 1 heterocycles. The van der Waals surface area contributed by atoms with Crippen LogP contribution in [-0.2, 0) is 5.41 Å². The molecule has 0 aliphatic heterocycles. The molecule has 0 amide bonds. The van der Waals surface area contributed by atoms with Gasteiger partial charge in [0.05, 0.1) is 11.0 Å². The molecule has 398 valence electrons. The molecule has 0 atom stereocenters. The van der Waals surface area contributed by atoms with E-state index in [1.807, 2.05) is 0 Å². The summed E-state index contributed by atoms with van der Waals surface area (Å²) in [5.74, 6) is 0. The Bertz CT molecular complexity index is 4500. The van der Waals surface area contributed by atoms with Crippen LogP contribution in [-0.4, -0.2) is 4.57 Å². The van der Waals surface area contributed by atoms with Gasteiger partial charge < -0.3 is 14.4 Å². The number of rotatable bonds is 12. The largest absolute Gasteiger partial charge is 0.311 e. The van der Waals surface area contributed by atoms with Gasteiger partial charge in [0.25, 0.3) is 0 Å². The number of hydrogen-bond donors (Lipinski definition) is 0. The van der Waals surface area contributed by atoms with Gasteiger partial charge in [-0.15, -0.1) is 0 Å². The minimum absolute atomic E-state index is 0.276. The normalized spacial score (nSPS) is 12.3. The first-order valence-electron chi connectivity index (χ1n) is 29.1. The lowest BCUT2D eigenvalue weighted by Gasteiger charge is -2.28. The second-order valence-corrected chi connectivity index (χ2v) is 22.5. The van der Waals surface area contributed by atoms with Crippen molar-refractivity contribution in [1.82, 2.24) is 4.57 Å². The molecule has 0 radical (unpaired) electrons. The molecule has 15 rings (SSSR count). The van der Waals surface area contributed by atoms with Crippen molar-refractivity contribution in [2.75, 3.05) is 9.80 Å². The molecule has 84 heavy (non-hydrogen) atoms. The second-order valence-electron chi connectivity index (χ2n) is 22.5. The average molecular weight is 1070 g/mol. The van der Waals surface area contributed by atoms with E-state index >= 15 is 0 Å². The zero-order chi connectivity index (χ0) is 56.1. The van der Waals surface area contributed by atoms with Gasteiger partial charge in [0.2, 0.25) is 0 Å². The van der Waals surface area contributed by atoms with Gasteiger partial charge in [-0.3, -0.25) is 0 Å². The van der Waals surface area contributed by atoms with Gasteiger partial charge >= 0.3 is 0 Å². The highest BCUT2D eigenvalue weighted by atomic mass is 15.1. The first-order chi connectivity index (χ1) is 41.4. The van der Waals surface area contributed by atoms with Crippen LogP contribution in [0.1, 0.15) is 25.0 Å². The van der Waals surface area contributed by atoms with Crippen LogP contribution in [0, 0.1) is 0 Å². The third kappa shape index (κ3) is 9.04. The Labute approximate surface area is 491 Å². The summed E-state index contributed by atoms with van der Waals surface area (Å²) < 4.78 is 2.46. The van der Waals surface area contributed by atoms with Crippen molar-refractivity contribution in [2.24, 2.45) is 0 Å². The lowest BCUT2D eigenvalue weighted by atomic mass is 9.82. The van der Waals surface area contributed by atoms with E-state index in [0.717, 1.165) is 39.8 Å². The number of para-hydroxylation sites is 1. The predicted molar refractivity (Wildman–Crippen MR) is 355 cm³/mol. The Hall–Kier alpha value is -10.7. The molecule has 0 spiro atoms. The topological polar surface area (TPSA) is 11.4 Å². The van der Waals surface area contributed by atoms with Crippen molar-refractivity contribution in [1.29, 1.82) is 0 Å². The predicted octanol–water partition coefficient (Wildman–Crippen LogP) is 22.4. The molecule has 14 aromatic rings. The summed E-state index contributed by atoms with van der Waals surface area (Å²) in [6.45, 7) is 4.79. The van der Waals surface area contributed by atoms with Crippen molar-refractivity contribution in [3.8, 4) is 72.4 Å². The molecular formula is C81H59N3. The zero-order valence-electron chi connectivity index (χ0n) is 46.9. The fourth-order valence-electron chi connectivity index (χ4n) is 12.9. The van der Waals surface area contributed by atoms with E-state index in [2.05, 4.69) is 350 Å². The van der Waals surface area contributed by atoms with Crippen molar-refractivity contribution >= 4 is 55.9 Å². The van der Waals surface area contributed by atoms with E-state index in [4.69, 9.17) is 0 Å². The van der Waals surface area contributed by atoms with Crippen molar-refractivity contribution < 1.29 is 0 Å². The Kier molecular flexibility index (Phi) is 12.5. The van der Waals surface area contributed by atoms with E-state index < -0.39 is 0 Å². The number of benzene rings is 13. The molecule has 3 heteroatoms. The standard InChI is InChI=1S/C81H59N3/c1-81(2)77-54-71(83(69-42-31-62(32-43-69)58-21-11-5-12-22-58)70-44-33-63(34-45-70)59-23-13-6-14-24-59)48-50-73(77)74-51-49-72(55-78(74)81)84-79-26-16-15-25-75(79)76-53-65(37-52-80(76)84)64-35-46-68(47-36-64)82(66-38-27-60(28-39-66)56-17-7-3-8-18-56)67-40-29-61(30-41-67)57-19-9-4-10-20-57/h3-55H,1-2H3. The summed E-state index contributed by atoms with van der Waals surface area (Å²) >= 11 is 0. The Morgan fingerprint density at radius 1 is 0.238 bits per heavy atom. The van der Waals surface area contributed by atoms with E-state index in [9.17, 15) is 0 Å². The lowest BCUT2D eigenvalue weighted by Crippen LogP contribution is -2.17. The maximum absolute atomic E-state index is 2.46. The number of anilines is 6. The number of hydrogen-bond acceptors (Lipinski definition) is 2. The smallest absolute Gasteiger partial charge is 0.0541 e. The van der Waals surface area contributed by atoms with Gasteiger partial charge in [-0.1, -0.05) is 232 Å². The van der Waals surface area contributed by atoms with Crippen LogP contribution in [0.2, 0.25) is 0 Å². The van der Waals surface area contributed by atoms with Gasteiger partial charge in [0.1, 0.15) is 0 Å². The Morgan fingerprint density at radius 2 is 0.548 bits per heavy atom. The molecule has 0 fully saturated rings. The number of fused-ring (bicyclic) bond motifs is 6. The summed E-state index contributed by atoms with van der Waals surface area (Å²) in [5.41, 5.74) is 27.1. The van der Waals surface area contributed by atoms with Crippen LogP contribution in [0.5, 0.6) is 0 Å². The molecule has 1 aliphatic rings. The van der Waals surface area contributed by atoms with Crippen LogP contribution >= 0.6 is 0 Å². The third-order valence-corrected chi connectivity index (χ3v) is 17.2. The van der Waals surface area contributed by atoms with Gasteiger partial charge in [-0.05, 0) is 181 Å². The summed E-state index contributed by atoms with van der Waals surface area (Å²) in [6.07, 6.45) is 0. The first kappa shape index (κ1) is 50.2. The fraction of sp³-hybridized carbons (Fsp3) is 0.0370. The summed E-state index contributed by atoms with van der Waals surface area (Å²) in [4.78, 5) is 4.76. The summed E-state index contributed by atoms with van der Waals surface area (Å²) in [6, 6.07) is 117. The van der Waals surface area contributed by atoms with Gasteiger partial charge in [-0.25, -0.2) is 0 Å². The highest BCUT2D eigenvalue weighted by Crippen LogP contribution is 2.52. The van der Waals surface area contributed by atoms with Crippen LogP contribution < -0.4 is 9.80 Å². The fourth-order valence-corrected chi connectivity index (χ4v) is 12.9. The quantitative estimate of drug-likeness (QED) is 0.121. The molecular weight excluding hydrogens is 1010 g/mol. The van der Waals surface area contributed by atoms with Crippen molar-refractivity contribution in [3.63, 3.8) is 0 Å². The summed E-state index contributed by atoms with van der Waals surface area (Å²) in [5, 5.41) is 2.46. The molecule has 1 aliphatic carbocycles. The molecule has 0 N–H and O–H groups in total. The van der Waals surface area contributed by atoms with Crippen LogP contribution in [0.15, 0.2) is 322 Å². The second kappa shape index (κ2) is 21.0. The van der Waals surface area contributed by atoms with Crippen molar-refractivity contribution in [2.45, 2.75) is 19.3 Å². The Balaban J connectivity index is 0.758. The maximum atomic E-state index is 2.46. The number of aromatic nitrogens is 1. The highest BCUT2D eigenvalue weighted by molar-refractivity contribution is 6.10. The molecule has 3 nitrogen and oxygen atoms in total. The van der Waals surface area contributed by atoms with E-state index in [1.165, 1.54) is 99.7 Å². The van der Waals surface area contributed by atoms with Gasteiger partial charge in [0.15, 0.2) is 0 Å². The molecule has 0 saturated heterocycles. The summed E-state index contributed by atoms with van der Waals surface area (Å²) in [7, 11) is 0. The van der Waals surface area contributed by atoms with E-state index in [-0.39, 0.29) is 5.41 Å². The first-order valence-corrected chi connectivity index (χ1v) is 29.1. The third-order valence-electron chi connectivity index (χ3n) is 17.2. The molecule has 0 bridgehead atoms. The Morgan fingerprint density at radius 3 is 0.976 bits per heavy atom. The van der Waals surface area contributed by atoms with Crippen LogP contribution in [0.3, 0.4) is 0 Å². The zero-order valence-corrected chi connectivity index (χ0v) is 46.9. The molecule has 0 unspecified atom stereocenters. The average Bonchev–Trinajstić information content (AvgIpc) is 1.82. The van der Waals surface area contributed by atoms with Gasteiger partial charge in [-0.2, -0.15) is 0 Å². The van der Waals surface area contributed by atoms with Crippen LogP contribution in [0.4, 0.5) is 34.1 Å². The minimum Gasteiger partial charge on any atom is -0.311 e. The number of nitrogens with zero attached hydrogens (tertiary/aromatic N) is 3. The lowest BCUT2D eigenvalue weighted by molar-refractivity contribution is 0.660. The SMILES string of the molecule is CC1(C)c2cc(N(c3ccc(-c4ccccc4)cc3)c3ccc(-c4ccccc4)cc3)ccc2-c2ccc(-n3c4ccccc4c4cc(-c5ccc(N(c6ccc(-c7ccccc7)cc6)c6ccc(-c7ccccc7)cc6)cc5)ccc43)cc21. The van der Waals surface area contributed by atoms with E-state index in [1.54, 1.807) is 0 Å². The monoisotopic (exact) mass is 1070 g/mol.